The number of benzene rings is 1. The van der Waals surface area contributed by atoms with E-state index in [-0.39, 0.29) is 22.4 Å². The molecule has 0 radical (unpaired) electrons. The van der Waals surface area contributed by atoms with Crippen molar-refractivity contribution in [1.29, 1.82) is 0 Å². The zero-order valence-electron chi connectivity index (χ0n) is 9.40. The van der Waals surface area contributed by atoms with E-state index in [0.29, 0.717) is 0 Å². The lowest BCUT2D eigenvalue weighted by Gasteiger charge is -2.09. The second-order valence-corrected chi connectivity index (χ2v) is 5.39. The Morgan fingerprint density at radius 1 is 1.41 bits per heavy atom. The summed E-state index contributed by atoms with van der Waals surface area (Å²) in [6.07, 6.45) is 0. The van der Waals surface area contributed by atoms with Crippen molar-refractivity contribution < 1.29 is 17.6 Å². The van der Waals surface area contributed by atoms with Crippen LogP contribution in [0.3, 0.4) is 0 Å². The van der Waals surface area contributed by atoms with Crippen LogP contribution in [-0.4, -0.2) is 14.3 Å². The molecule has 17 heavy (non-hydrogen) atoms. The fraction of sp³-hybridized carbons (Fsp3) is 0.300. The summed E-state index contributed by atoms with van der Waals surface area (Å²) in [6.45, 7) is 3.32. The number of anilines is 1. The number of carbonyl (C=O) groups is 1. The van der Waals surface area contributed by atoms with E-state index in [0.717, 1.165) is 18.2 Å². The molecular weight excluding hydrogens is 247 g/mol. The van der Waals surface area contributed by atoms with Gasteiger partial charge in [0.2, 0.25) is 15.9 Å². The average Bonchev–Trinajstić information content (AvgIpc) is 2.19. The molecule has 1 aromatic carbocycles. The van der Waals surface area contributed by atoms with Crippen LogP contribution in [0.1, 0.15) is 13.8 Å². The van der Waals surface area contributed by atoms with Crippen molar-refractivity contribution in [2.75, 3.05) is 5.32 Å². The molecule has 1 amide bonds. The fourth-order valence-electron chi connectivity index (χ4n) is 1.05. The molecule has 0 aromatic heterocycles. The Balaban J connectivity index is 3.03. The summed E-state index contributed by atoms with van der Waals surface area (Å²) >= 11 is 0. The molecule has 0 aliphatic rings. The summed E-state index contributed by atoms with van der Waals surface area (Å²) in [5, 5.41) is 7.18. The van der Waals surface area contributed by atoms with Gasteiger partial charge in [-0.3, -0.25) is 4.79 Å². The maximum atomic E-state index is 13.5. The first-order valence-electron chi connectivity index (χ1n) is 4.85. The third-order valence-electron chi connectivity index (χ3n) is 2.05. The van der Waals surface area contributed by atoms with E-state index in [1.54, 1.807) is 13.8 Å². The van der Waals surface area contributed by atoms with Crippen LogP contribution in [-0.2, 0) is 14.8 Å². The van der Waals surface area contributed by atoms with Crippen molar-refractivity contribution in [3.8, 4) is 0 Å². The lowest BCUT2D eigenvalue weighted by atomic mass is 10.2. The number of hydrogen-bond acceptors (Lipinski definition) is 3. The van der Waals surface area contributed by atoms with Crippen LogP contribution in [0.25, 0.3) is 0 Å². The minimum Gasteiger partial charge on any atom is -0.323 e. The Kier molecular flexibility index (Phi) is 3.84. The number of nitrogens with two attached hydrogens (primary N) is 1. The second-order valence-electron chi connectivity index (χ2n) is 3.83. The van der Waals surface area contributed by atoms with Gasteiger partial charge in [0.05, 0.1) is 10.6 Å². The SMILES string of the molecule is CC(C)C(=O)Nc1ccc(S(N)(=O)=O)cc1F. The largest absolute Gasteiger partial charge is 0.323 e. The summed E-state index contributed by atoms with van der Waals surface area (Å²) in [5.41, 5.74) is -0.0731. The van der Waals surface area contributed by atoms with Crippen LogP contribution >= 0.6 is 0 Å². The number of carbonyl (C=O) groups excluding carboxylic acids is 1. The molecule has 1 rings (SSSR count). The highest BCUT2D eigenvalue weighted by Crippen LogP contribution is 2.18. The Morgan fingerprint density at radius 2 is 2.00 bits per heavy atom. The quantitative estimate of drug-likeness (QED) is 0.851. The van der Waals surface area contributed by atoms with Gasteiger partial charge in [-0.2, -0.15) is 0 Å². The summed E-state index contributed by atoms with van der Waals surface area (Å²) < 4.78 is 35.4. The standard InChI is InChI=1S/C10H13FN2O3S/c1-6(2)10(14)13-9-4-3-7(5-8(9)11)17(12,15)16/h3-6H,1-2H3,(H,13,14)(H2,12,15,16). The molecule has 0 bridgehead atoms. The Bertz CT molecular complexity index is 540. The van der Waals surface area contributed by atoms with Crippen LogP contribution in [0, 0.1) is 11.7 Å². The molecule has 0 saturated carbocycles. The van der Waals surface area contributed by atoms with E-state index in [1.807, 2.05) is 0 Å². The van der Waals surface area contributed by atoms with Crippen LogP contribution in [0.5, 0.6) is 0 Å². The van der Waals surface area contributed by atoms with Crippen molar-refractivity contribution in [2.24, 2.45) is 11.1 Å². The molecule has 94 valence electrons. The van der Waals surface area contributed by atoms with E-state index in [9.17, 15) is 17.6 Å². The predicted molar refractivity (Wildman–Crippen MR) is 61.2 cm³/mol. The molecule has 1 aromatic rings. The Morgan fingerprint density at radius 3 is 2.41 bits per heavy atom. The summed E-state index contributed by atoms with van der Waals surface area (Å²) in [4.78, 5) is 11.0. The van der Waals surface area contributed by atoms with Gasteiger partial charge in [-0.25, -0.2) is 17.9 Å². The normalized spacial score (nSPS) is 11.6. The molecule has 0 fully saturated rings. The molecule has 5 nitrogen and oxygen atoms in total. The molecule has 0 atom stereocenters. The fourth-order valence-corrected chi connectivity index (χ4v) is 1.58. The van der Waals surface area contributed by atoms with Gasteiger partial charge >= 0.3 is 0 Å². The third kappa shape index (κ3) is 3.50. The molecular formula is C10H13FN2O3S. The molecule has 0 saturated heterocycles. The highest BCUT2D eigenvalue weighted by atomic mass is 32.2. The molecule has 0 unspecified atom stereocenters. The number of primary sulfonamides is 1. The minimum absolute atomic E-state index is 0.0731. The van der Waals surface area contributed by atoms with Crippen molar-refractivity contribution in [2.45, 2.75) is 18.7 Å². The van der Waals surface area contributed by atoms with Gasteiger partial charge in [-0.1, -0.05) is 13.8 Å². The first-order valence-corrected chi connectivity index (χ1v) is 6.39. The molecule has 0 aliphatic carbocycles. The molecule has 7 heteroatoms. The van der Waals surface area contributed by atoms with E-state index in [4.69, 9.17) is 5.14 Å². The first kappa shape index (κ1) is 13.6. The van der Waals surface area contributed by atoms with Gasteiger partial charge < -0.3 is 5.32 Å². The highest BCUT2D eigenvalue weighted by molar-refractivity contribution is 7.89. The lowest BCUT2D eigenvalue weighted by Crippen LogP contribution is -2.19. The molecule has 3 N–H and O–H groups in total. The summed E-state index contributed by atoms with van der Waals surface area (Å²) in [5.74, 6) is -1.50. The highest BCUT2D eigenvalue weighted by Gasteiger charge is 2.14. The number of nitrogens with one attached hydrogen (secondary N) is 1. The topological polar surface area (TPSA) is 89.3 Å². The maximum Gasteiger partial charge on any atom is 0.238 e. The monoisotopic (exact) mass is 260 g/mol. The number of halogens is 1. The number of rotatable bonds is 3. The second kappa shape index (κ2) is 4.80. The van der Waals surface area contributed by atoms with Gasteiger partial charge in [-0.15, -0.1) is 0 Å². The zero-order valence-corrected chi connectivity index (χ0v) is 10.2. The van der Waals surface area contributed by atoms with E-state index < -0.39 is 15.8 Å². The van der Waals surface area contributed by atoms with Gasteiger partial charge in [0, 0.05) is 5.92 Å². The number of amides is 1. The molecule has 0 spiro atoms. The third-order valence-corrected chi connectivity index (χ3v) is 2.96. The predicted octanol–water partition coefficient (Wildman–Crippen LogP) is 1.07. The van der Waals surface area contributed by atoms with Gasteiger partial charge in [0.25, 0.3) is 0 Å². The van der Waals surface area contributed by atoms with Crippen molar-refractivity contribution >= 4 is 21.6 Å². The summed E-state index contributed by atoms with van der Waals surface area (Å²) in [7, 11) is -3.94. The Hall–Kier alpha value is -1.47. The van der Waals surface area contributed by atoms with Crippen LogP contribution in [0.2, 0.25) is 0 Å². The van der Waals surface area contributed by atoms with E-state index in [2.05, 4.69) is 5.32 Å². The summed E-state index contributed by atoms with van der Waals surface area (Å²) in [6, 6.07) is 3.06. The Labute approximate surface area is 98.9 Å². The van der Waals surface area contributed by atoms with Crippen molar-refractivity contribution in [1.82, 2.24) is 0 Å². The van der Waals surface area contributed by atoms with Gasteiger partial charge in [0.15, 0.2) is 0 Å². The first-order chi connectivity index (χ1) is 7.71. The van der Waals surface area contributed by atoms with E-state index in [1.165, 1.54) is 0 Å². The maximum absolute atomic E-state index is 13.5. The number of sulfonamides is 1. The van der Waals surface area contributed by atoms with Crippen molar-refractivity contribution in [3.05, 3.63) is 24.0 Å². The van der Waals surface area contributed by atoms with Crippen LogP contribution < -0.4 is 10.5 Å². The van der Waals surface area contributed by atoms with Crippen LogP contribution in [0.4, 0.5) is 10.1 Å². The molecule has 0 aliphatic heterocycles. The lowest BCUT2D eigenvalue weighted by molar-refractivity contribution is -0.118. The zero-order chi connectivity index (χ0) is 13.2. The van der Waals surface area contributed by atoms with Gasteiger partial charge in [0.1, 0.15) is 5.82 Å². The smallest absolute Gasteiger partial charge is 0.238 e. The number of hydrogen-bond donors (Lipinski definition) is 2. The van der Waals surface area contributed by atoms with E-state index >= 15 is 0 Å². The van der Waals surface area contributed by atoms with Gasteiger partial charge in [-0.05, 0) is 18.2 Å². The van der Waals surface area contributed by atoms with Crippen molar-refractivity contribution in [3.63, 3.8) is 0 Å². The average molecular weight is 260 g/mol. The molecule has 0 heterocycles. The van der Waals surface area contributed by atoms with Crippen LogP contribution in [0.15, 0.2) is 23.1 Å². The minimum atomic E-state index is -3.94.